The molecule has 2 atom stereocenters. The molecule has 0 fully saturated rings. The van der Waals surface area contributed by atoms with E-state index in [1.54, 1.807) is 6.92 Å². The molecule has 1 unspecified atom stereocenters. The van der Waals surface area contributed by atoms with Crippen molar-refractivity contribution in [3.63, 3.8) is 0 Å². The molecular weight excluding hydrogens is 202 g/mol. The Balaban J connectivity index is 2.61. The minimum Gasteiger partial charge on any atom is -0.468 e. The molecule has 0 aliphatic heterocycles. The molecule has 3 nitrogen and oxygen atoms in total. The minimum atomic E-state index is -0.290. The Kier molecular flexibility index (Phi) is 4.50. The van der Waals surface area contributed by atoms with Gasteiger partial charge in [-0.25, -0.2) is 0 Å². The van der Waals surface area contributed by atoms with Gasteiger partial charge >= 0.3 is 5.97 Å². The highest BCUT2D eigenvalue weighted by atomic mass is 16.5. The Hall–Kier alpha value is -1.35. The number of methoxy groups -OCH3 is 1. The van der Waals surface area contributed by atoms with Gasteiger partial charge in [-0.3, -0.25) is 10.1 Å². The lowest BCUT2D eigenvalue weighted by atomic mass is 10.1. The number of hydrogen-bond donors (Lipinski definition) is 1. The van der Waals surface area contributed by atoms with E-state index in [1.807, 2.05) is 6.92 Å². The number of rotatable bonds is 4. The third-order valence-electron chi connectivity index (χ3n) is 2.63. The van der Waals surface area contributed by atoms with Gasteiger partial charge in [0.15, 0.2) is 0 Å². The van der Waals surface area contributed by atoms with Crippen LogP contribution in [0.5, 0.6) is 0 Å². The summed E-state index contributed by atoms with van der Waals surface area (Å²) in [4.78, 5) is 11.2. The summed E-state index contributed by atoms with van der Waals surface area (Å²) in [6.07, 6.45) is 0. The van der Waals surface area contributed by atoms with Crippen LogP contribution >= 0.6 is 0 Å². The summed E-state index contributed by atoms with van der Waals surface area (Å²) in [6.45, 7) is 5.89. The average Bonchev–Trinajstić information content (AvgIpc) is 2.28. The highest BCUT2D eigenvalue weighted by molar-refractivity contribution is 5.75. The maximum atomic E-state index is 11.2. The third-order valence-corrected chi connectivity index (χ3v) is 2.63. The number of nitrogens with one attached hydrogen (secondary N) is 1. The van der Waals surface area contributed by atoms with Crippen molar-refractivity contribution >= 4 is 5.97 Å². The van der Waals surface area contributed by atoms with E-state index in [0.717, 1.165) is 0 Å². The van der Waals surface area contributed by atoms with Crippen LogP contribution in [0.15, 0.2) is 24.3 Å². The topological polar surface area (TPSA) is 38.3 Å². The second-order valence-corrected chi connectivity index (χ2v) is 4.04. The van der Waals surface area contributed by atoms with Crippen molar-refractivity contribution < 1.29 is 9.53 Å². The van der Waals surface area contributed by atoms with E-state index in [4.69, 9.17) is 0 Å². The van der Waals surface area contributed by atoms with E-state index in [2.05, 4.69) is 41.2 Å². The van der Waals surface area contributed by atoms with Gasteiger partial charge in [-0.2, -0.15) is 0 Å². The number of hydrogen-bond acceptors (Lipinski definition) is 3. The fraction of sp³-hybridized carbons (Fsp3) is 0.462. The van der Waals surface area contributed by atoms with E-state index >= 15 is 0 Å². The summed E-state index contributed by atoms with van der Waals surface area (Å²) in [5.74, 6) is -0.237. The van der Waals surface area contributed by atoms with Gasteiger partial charge < -0.3 is 4.74 Å². The first kappa shape index (κ1) is 12.7. The monoisotopic (exact) mass is 221 g/mol. The zero-order valence-electron chi connectivity index (χ0n) is 10.3. The van der Waals surface area contributed by atoms with Crippen molar-refractivity contribution in [3.8, 4) is 0 Å². The molecule has 0 spiro atoms. The van der Waals surface area contributed by atoms with Gasteiger partial charge in [0.25, 0.3) is 0 Å². The summed E-state index contributed by atoms with van der Waals surface area (Å²) in [6, 6.07) is 8.11. The first-order valence-corrected chi connectivity index (χ1v) is 5.45. The number of benzene rings is 1. The van der Waals surface area contributed by atoms with E-state index in [1.165, 1.54) is 18.2 Å². The third kappa shape index (κ3) is 3.35. The van der Waals surface area contributed by atoms with Crippen LogP contribution in [0.25, 0.3) is 0 Å². The van der Waals surface area contributed by atoms with Crippen molar-refractivity contribution in [2.75, 3.05) is 7.11 Å². The van der Waals surface area contributed by atoms with E-state index in [0.29, 0.717) is 0 Å². The molecule has 0 aromatic heterocycles. The Morgan fingerprint density at radius 1 is 1.25 bits per heavy atom. The minimum absolute atomic E-state index is 0.134. The smallest absolute Gasteiger partial charge is 0.322 e. The van der Waals surface area contributed by atoms with E-state index in [-0.39, 0.29) is 18.1 Å². The van der Waals surface area contributed by atoms with Crippen LogP contribution in [0.3, 0.4) is 0 Å². The number of ether oxygens (including phenoxy) is 1. The lowest BCUT2D eigenvalue weighted by Gasteiger charge is -2.18. The highest BCUT2D eigenvalue weighted by Crippen LogP contribution is 2.13. The molecule has 1 aromatic carbocycles. The van der Waals surface area contributed by atoms with Crippen molar-refractivity contribution in [1.82, 2.24) is 5.32 Å². The predicted molar refractivity (Wildman–Crippen MR) is 64.2 cm³/mol. The Labute approximate surface area is 96.8 Å². The number of aryl methyl sites for hydroxylation is 1. The molecule has 1 rings (SSSR count). The van der Waals surface area contributed by atoms with Gasteiger partial charge in [-0.1, -0.05) is 29.8 Å². The number of carbonyl (C=O) groups excluding carboxylic acids is 1. The summed E-state index contributed by atoms with van der Waals surface area (Å²) < 4.78 is 4.67. The summed E-state index contributed by atoms with van der Waals surface area (Å²) in [7, 11) is 1.40. The normalized spacial score (nSPS) is 14.2. The van der Waals surface area contributed by atoms with Gasteiger partial charge in [-0.15, -0.1) is 0 Å². The molecule has 0 aliphatic rings. The predicted octanol–water partition coefficient (Wildman–Crippen LogP) is 2.21. The van der Waals surface area contributed by atoms with Crippen molar-refractivity contribution in [3.05, 3.63) is 35.4 Å². The largest absolute Gasteiger partial charge is 0.468 e. The zero-order valence-corrected chi connectivity index (χ0v) is 10.3. The fourth-order valence-electron chi connectivity index (χ4n) is 1.57. The van der Waals surface area contributed by atoms with Gasteiger partial charge in [0.2, 0.25) is 0 Å². The lowest BCUT2D eigenvalue weighted by Crippen LogP contribution is -2.36. The molecule has 1 N–H and O–H groups in total. The van der Waals surface area contributed by atoms with Gasteiger partial charge in [-0.05, 0) is 26.3 Å². The lowest BCUT2D eigenvalue weighted by molar-refractivity contribution is -0.142. The quantitative estimate of drug-likeness (QED) is 0.792. The molecule has 0 saturated heterocycles. The molecule has 0 saturated carbocycles. The first-order chi connectivity index (χ1) is 7.54. The van der Waals surface area contributed by atoms with Crippen LogP contribution in [-0.2, 0) is 9.53 Å². The number of carbonyl (C=O) groups is 1. The molecule has 0 radical (unpaired) electrons. The van der Waals surface area contributed by atoms with Gasteiger partial charge in [0.1, 0.15) is 6.04 Å². The van der Waals surface area contributed by atoms with Crippen LogP contribution in [0.2, 0.25) is 0 Å². The maximum absolute atomic E-state index is 11.2. The van der Waals surface area contributed by atoms with E-state index in [9.17, 15) is 4.79 Å². The van der Waals surface area contributed by atoms with Crippen molar-refractivity contribution in [2.24, 2.45) is 0 Å². The van der Waals surface area contributed by atoms with Crippen molar-refractivity contribution in [2.45, 2.75) is 32.9 Å². The molecule has 88 valence electrons. The maximum Gasteiger partial charge on any atom is 0.322 e. The molecule has 0 aliphatic carbocycles. The Morgan fingerprint density at radius 3 is 2.31 bits per heavy atom. The van der Waals surface area contributed by atoms with Crippen molar-refractivity contribution in [1.29, 1.82) is 0 Å². The SMILES string of the molecule is COC(=O)[C@H](C)NC(C)c1ccc(C)cc1. The molecule has 3 heteroatoms. The summed E-state index contributed by atoms with van der Waals surface area (Å²) in [5.41, 5.74) is 2.40. The molecular formula is C13H19NO2. The first-order valence-electron chi connectivity index (χ1n) is 5.45. The fourth-order valence-corrected chi connectivity index (χ4v) is 1.57. The zero-order chi connectivity index (χ0) is 12.1. The van der Waals surface area contributed by atoms with Gasteiger partial charge in [0.05, 0.1) is 7.11 Å². The second-order valence-electron chi connectivity index (χ2n) is 4.04. The summed E-state index contributed by atoms with van der Waals surface area (Å²) in [5, 5.41) is 3.19. The molecule has 0 heterocycles. The number of esters is 1. The standard InChI is InChI=1S/C13H19NO2/c1-9-5-7-12(8-6-9)10(2)14-11(3)13(15)16-4/h5-8,10-11,14H,1-4H3/t10?,11-/m0/s1. The second kappa shape index (κ2) is 5.66. The van der Waals surface area contributed by atoms with E-state index < -0.39 is 0 Å². The van der Waals surface area contributed by atoms with Crippen LogP contribution < -0.4 is 5.32 Å². The van der Waals surface area contributed by atoms with Gasteiger partial charge in [0, 0.05) is 6.04 Å². The van der Waals surface area contributed by atoms with Crippen LogP contribution in [0.1, 0.15) is 31.0 Å². The van der Waals surface area contributed by atoms with Crippen LogP contribution in [0.4, 0.5) is 0 Å². The summed E-state index contributed by atoms with van der Waals surface area (Å²) >= 11 is 0. The Morgan fingerprint density at radius 2 is 1.81 bits per heavy atom. The average molecular weight is 221 g/mol. The van der Waals surface area contributed by atoms with Crippen LogP contribution in [0, 0.1) is 6.92 Å². The van der Waals surface area contributed by atoms with Crippen LogP contribution in [-0.4, -0.2) is 19.1 Å². The molecule has 0 bridgehead atoms. The Bertz CT molecular complexity index is 345. The molecule has 16 heavy (non-hydrogen) atoms. The molecule has 0 amide bonds. The molecule has 1 aromatic rings. The highest BCUT2D eigenvalue weighted by Gasteiger charge is 2.16.